The number of fused-ring (bicyclic) bond motifs is 1. The minimum absolute atomic E-state index is 0.0861. The maximum Gasteiger partial charge on any atom is 0.490 e. The quantitative estimate of drug-likeness (QED) is 0.760. The topological polar surface area (TPSA) is 82.1 Å². The van der Waals surface area contributed by atoms with Crippen LogP contribution < -0.4 is 5.32 Å². The lowest BCUT2D eigenvalue weighted by molar-refractivity contribution is -0.192. The minimum Gasteiger partial charge on any atom is -0.475 e. The minimum atomic E-state index is -5.08. The molecule has 7 nitrogen and oxygen atoms in total. The molecule has 1 aromatic rings. The summed E-state index contributed by atoms with van der Waals surface area (Å²) in [5.74, 6) is -2.67. The standard InChI is InChI=1S/C15H23N3O2S.C2HF3O2/c1-11-3-4-12(21-11)7-17-8-13-14(9-17)20-6-5-18(13)10-15(19)16-2;3-2(4,5)1(6)7/h3-4,13-14H,5-10H2,1-2H3,(H,16,19);(H,6,7)/t13-,14+;/m1./s1. The Kier molecular flexibility index (Phi) is 7.81. The molecule has 158 valence electrons. The molecule has 0 aliphatic carbocycles. The second-order valence-electron chi connectivity index (χ2n) is 6.63. The van der Waals surface area contributed by atoms with Crippen molar-refractivity contribution in [2.24, 2.45) is 0 Å². The molecule has 1 aromatic heterocycles. The van der Waals surface area contributed by atoms with Crippen molar-refractivity contribution in [1.29, 1.82) is 0 Å². The predicted molar refractivity (Wildman–Crippen MR) is 97.2 cm³/mol. The number of aryl methyl sites for hydroxylation is 1. The molecule has 2 atom stereocenters. The Morgan fingerprint density at radius 3 is 2.57 bits per heavy atom. The van der Waals surface area contributed by atoms with Crippen molar-refractivity contribution in [1.82, 2.24) is 15.1 Å². The summed E-state index contributed by atoms with van der Waals surface area (Å²) in [6, 6.07) is 4.74. The molecule has 0 bridgehead atoms. The van der Waals surface area contributed by atoms with Crippen molar-refractivity contribution < 1.29 is 32.6 Å². The second kappa shape index (κ2) is 9.68. The first kappa shape index (κ1) is 22.6. The molecule has 2 saturated heterocycles. The second-order valence-corrected chi connectivity index (χ2v) is 8.00. The van der Waals surface area contributed by atoms with E-state index < -0.39 is 12.1 Å². The van der Waals surface area contributed by atoms with E-state index in [0.29, 0.717) is 12.6 Å². The molecule has 0 saturated carbocycles. The number of alkyl halides is 3. The first-order valence-electron chi connectivity index (χ1n) is 8.74. The number of halogens is 3. The zero-order valence-corrected chi connectivity index (χ0v) is 16.5. The van der Waals surface area contributed by atoms with Crippen molar-refractivity contribution >= 4 is 23.2 Å². The molecule has 1 amide bonds. The lowest BCUT2D eigenvalue weighted by atomic mass is 10.1. The molecule has 28 heavy (non-hydrogen) atoms. The van der Waals surface area contributed by atoms with Gasteiger partial charge in [-0.05, 0) is 19.1 Å². The van der Waals surface area contributed by atoms with E-state index in [1.807, 2.05) is 11.3 Å². The van der Waals surface area contributed by atoms with Gasteiger partial charge in [0.25, 0.3) is 0 Å². The summed E-state index contributed by atoms with van der Waals surface area (Å²) >= 11 is 1.86. The maximum absolute atomic E-state index is 11.6. The number of likely N-dealkylation sites (N-methyl/N-ethyl adjacent to an activating group) is 1. The number of hydrogen-bond donors (Lipinski definition) is 2. The van der Waals surface area contributed by atoms with Crippen LogP contribution in [0.15, 0.2) is 12.1 Å². The van der Waals surface area contributed by atoms with Crippen molar-refractivity contribution in [3.8, 4) is 0 Å². The van der Waals surface area contributed by atoms with Gasteiger partial charge in [-0.25, -0.2) is 4.79 Å². The third kappa shape index (κ3) is 6.43. The van der Waals surface area contributed by atoms with Gasteiger partial charge in [-0.2, -0.15) is 13.2 Å². The summed E-state index contributed by atoms with van der Waals surface area (Å²) in [7, 11) is 1.69. The Hall–Kier alpha value is -1.69. The Balaban J connectivity index is 0.000000345. The molecule has 3 rings (SSSR count). The van der Waals surface area contributed by atoms with E-state index in [4.69, 9.17) is 14.6 Å². The first-order valence-corrected chi connectivity index (χ1v) is 9.55. The Morgan fingerprint density at radius 2 is 2.04 bits per heavy atom. The summed E-state index contributed by atoms with van der Waals surface area (Å²) in [5.41, 5.74) is 0. The summed E-state index contributed by atoms with van der Waals surface area (Å²) in [5, 5.41) is 9.84. The molecular formula is C17H24F3N3O4S. The third-order valence-electron chi connectivity index (χ3n) is 4.54. The number of carbonyl (C=O) groups is 2. The SMILES string of the molecule is CNC(=O)CN1CCO[C@H]2CN(Cc3ccc(C)s3)C[C@H]21.O=C(O)C(F)(F)F. The highest BCUT2D eigenvalue weighted by Gasteiger charge is 2.40. The predicted octanol–water partition coefficient (Wildman–Crippen LogP) is 1.32. The number of nitrogens with one attached hydrogen (secondary N) is 1. The fourth-order valence-corrected chi connectivity index (χ4v) is 4.15. The number of aliphatic carboxylic acids is 1. The summed E-state index contributed by atoms with van der Waals surface area (Å²) in [6.07, 6.45) is -4.84. The zero-order chi connectivity index (χ0) is 20.9. The highest BCUT2D eigenvalue weighted by molar-refractivity contribution is 7.11. The van der Waals surface area contributed by atoms with E-state index in [-0.39, 0.29) is 12.0 Å². The third-order valence-corrected chi connectivity index (χ3v) is 5.52. The zero-order valence-electron chi connectivity index (χ0n) is 15.7. The molecule has 2 fully saturated rings. The van der Waals surface area contributed by atoms with Crippen LogP contribution in [-0.4, -0.2) is 84.9 Å². The van der Waals surface area contributed by atoms with Gasteiger partial charge in [-0.15, -0.1) is 11.3 Å². The van der Waals surface area contributed by atoms with Gasteiger partial charge in [0.15, 0.2) is 0 Å². The van der Waals surface area contributed by atoms with Gasteiger partial charge in [-0.1, -0.05) is 0 Å². The van der Waals surface area contributed by atoms with Crippen molar-refractivity contribution in [2.75, 3.05) is 39.8 Å². The molecular weight excluding hydrogens is 399 g/mol. The van der Waals surface area contributed by atoms with Crippen LogP contribution in [0.1, 0.15) is 9.75 Å². The van der Waals surface area contributed by atoms with Gasteiger partial charge in [0.1, 0.15) is 0 Å². The molecule has 2 aliphatic heterocycles. The van der Waals surface area contributed by atoms with E-state index in [9.17, 15) is 18.0 Å². The number of carboxylic acid groups (broad SMARTS) is 1. The molecule has 0 unspecified atom stereocenters. The largest absolute Gasteiger partial charge is 0.490 e. The molecule has 0 radical (unpaired) electrons. The fraction of sp³-hybridized carbons (Fsp3) is 0.647. The van der Waals surface area contributed by atoms with Crippen molar-refractivity contribution in [2.45, 2.75) is 31.8 Å². The Labute approximate surface area is 165 Å². The number of rotatable bonds is 4. The molecule has 2 N–H and O–H groups in total. The van der Waals surface area contributed by atoms with Crippen LogP contribution in [0.5, 0.6) is 0 Å². The molecule has 11 heteroatoms. The van der Waals surface area contributed by atoms with Crippen LogP contribution in [0.4, 0.5) is 13.2 Å². The number of hydrogen-bond acceptors (Lipinski definition) is 6. The number of carboxylic acids is 1. The van der Waals surface area contributed by atoms with E-state index >= 15 is 0 Å². The highest BCUT2D eigenvalue weighted by atomic mass is 32.1. The monoisotopic (exact) mass is 423 g/mol. The summed E-state index contributed by atoms with van der Waals surface area (Å²) in [6.45, 7) is 7.14. The number of likely N-dealkylation sites (tertiary alicyclic amines) is 1. The van der Waals surface area contributed by atoms with Gasteiger partial charge in [0, 0.05) is 43.0 Å². The number of ether oxygens (including phenoxy) is 1. The number of thiophene rings is 1. The number of carbonyl (C=O) groups excluding carboxylic acids is 1. The first-order chi connectivity index (χ1) is 13.1. The molecule has 2 aliphatic rings. The maximum atomic E-state index is 11.6. The molecule has 0 spiro atoms. The average molecular weight is 423 g/mol. The van der Waals surface area contributed by atoms with Crippen LogP contribution in [0.3, 0.4) is 0 Å². The van der Waals surface area contributed by atoms with Crippen LogP contribution >= 0.6 is 11.3 Å². The van der Waals surface area contributed by atoms with Crippen LogP contribution in [0, 0.1) is 6.92 Å². The van der Waals surface area contributed by atoms with E-state index in [1.54, 1.807) is 7.05 Å². The van der Waals surface area contributed by atoms with Crippen LogP contribution in [-0.2, 0) is 20.9 Å². The summed E-state index contributed by atoms with van der Waals surface area (Å²) in [4.78, 5) is 28.0. The lowest BCUT2D eigenvalue weighted by Crippen LogP contribution is -2.53. The number of morpholine rings is 1. The van der Waals surface area contributed by atoms with E-state index in [0.717, 1.165) is 32.8 Å². The van der Waals surface area contributed by atoms with E-state index in [2.05, 4.69) is 34.2 Å². The van der Waals surface area contributed by atoms with Gasteiger partial charge in [0.05, 0.1) is 25.3 Å². The van der Waals surface area contributed by atoms with Crippen molar-refractivity contribution in [3.05, 3.63) is 21.9 Å². The van der Waals surface area contributed by atoms with Crippen LogP contribution in [0.25, 0.3) is 0 Å². The average Bonchev–Trinajstić information content (AvgIpc) is 3.21. The smallest absolute Gasteiger partial charge is 0.475 e. The fourth-order valence-electron chi connectivity index (χ4n) is 3.21. The number of nitrogens with zero attached hydrogens (tertiary/aromatic N) is 2. The molecule has 3 heterocycles. The molecule has 0 aromatic carbocycles. The highest BCUT2D eigenvalue weighted by Crippen LogP contribution is 2.26. The van der Waals surface area contributed by atoms with Gasteiger partial charge in [0.2, 0.25) is 5.91 Å². The van der Waals surface area contributed by atoms with Crippen molar-refractivity contribution in [3.63, 3.8) is 0 Å². The van der Waals surface area contributed by atoms with Gasteiger partial charge in [-0.3, -0.25) is 14.6 Å². The Morgan fingerprint density at radius 1 is 1.36 bits per heavy atom. The van der Waals surface area contributed by atoms with Gasteiger partial charge < -0.3 is 15.2 Å². The van der Waals surface area contributed by atoms with Crippen LogP contribution in [0.2, 0.25) is 0 Å². The number of amides is 1. The summed E-state index contributed by atoms with van der Waals surface area (Å²) < 4.78 is 37.6. The lowest BCUT2D eigenvalue weighted by Gasteiger charge is -2.36. The van der Waals surface area contributed by atoms with E-state index in [1.165, 1.54) is 9.75 Å². The Bertz CT molecular complexity index is 683. The normalized spacial score (nSPS) is 22.9. The van der Waals surface area contributed by atoms with Gasteiger partial charge >= 0.3 is 12.1 Å².